The third-order valence-electron chi connectivity index (χ3n) is 6.78. The molecule has 0 radical (unpaired) electrons. The summed E-state index contributed by atoms with van der Waals surface area (Å²) in [6, 6.07) is 26.1. The van der Waals surface area contributed by atoms with Gasteiger partial charge in [0.2, 0.25) is 11.2 Å². The zero-order chi connectivity index (χ0) is 21.3. The molecule has 0 saturated carbocycles. The highest BCUT2D eigenvalue weighted by atomic mass is 16.3. The van der Waals surface area contributed by atoms with E-state index in [1.807, 2.05) is 0 Å². The highest BCUT2D eigenvalue weighted by molar-refractivity contribution is 6.16. The van der Waals surface area contributed by atoms with Crippen LogP contribution in [-0.2, 0) is 7.05 Å². The fourth-order valence-corrected chi connectivity index (χ4v) is 5.19. The van der Waals surface area contributed by atoms with Crippen LogP contribution in [-0.4, -0.2) is 0 Å². The Morgan fingerprint density at radius 3 is 2.32 bits per heavy atom. The minimum Gasteiger partial charge on any atom is -0.455 e. The molecule has 6 rings (SSSR count). The van der Waals surface area contributed by atoms with Crippen molar-refractivity contribution < 1.29 is 8.98 Å². The van der Waals surface area contributed by atoms with E-state index >= 15 is 0 Å². The molecule has 2 heteroatoms. The molecule has 0 aliphatic carbocycles. The standard InChI is InChI=1S/C29H24NO/c1-17-8-7-11-25-27(17)18(2)16-26(30(25)4)21-14-15-23-24-13-12-20-9-5-6-10-22(20)29(24)31-28(23)19(21)3/h5-16H,1-4H3/q+1. The first kappa shape index (κ1) is 18.1. The summed E-state index contributed by atoms with van der Waals surface area (Å²) >= 11 is 0. The van der Waals surface area contributed by atoms with Crippen molar-refractivity contribution in [2.75, 3.05) is 0 Å². The molecule has 2 heterocycles. The number of hydrogen-bond donors (Lipinski definition) is 0. The summed E-state index contributed by atoms with van der Waals surface area (Å²) in [5.41, 5.74) is 9.42. The fourth-order valence-electron chi connectivity index (χ4n) is 5.19. The van der Waals surface area contributed by atoms with E-state index in [9.17, 15) is 0 Å². The number of fused-ring (bicyclic) bond motifs is 6. The number of nitrogens with zero attached hydrogens (tertiary/aromatic N) is 1. The first-order valence-corrected chi connectivity index (χ1v) is 10.8. The van der Waals surface area contributed by atoms with Crippen molar-refractivity contribution in [2.24, 2.45) is 7.05 Å². The van der Waals surface area contributed by atoms with Gasteiger partial charge in [-0.2, -0.15) is 4.57 Å². The Labute approximate surface area is 181 Å². The van der Waals surface area contributed by atoms with Crippen molar-refractivity contribution >= 4 is 43.6 Å². The lowest BCUT2D eigenvalue weighted by atomic mass is 9.97. The summed E-state index contributed by atoms with van der Waals surface area (Å²) in [7, 11) is 2.16. The van der Waals surface area contributed by atoms with Gasteiger partial charge < -0.3 is 4.42 Å². The van der Waals surface area contributed by atoms with Crippen LogP contribution in [0, 0.1) is 20.8 Å². The summed E-state index contributed by atoms with van der Waals surface area (Å²) in [5, 5.41) is 6.07. The monoisotopic (exact) mass is 402 g/mol. The Morgan fingerprint density at radius 1 is 0.677 bits per heavy atom. The van der Waals surface area contributed by atoms with E-state index in [2.05, 4.69) is 105 Å². The summed E-state index contributed by atoms with van der Waals surface area (Å²) in [4.78, 5) is 0. The highest BCUT2D eigenvalue weighted by Gasteiger charge is 2.22. The van der Waals surface area contributed by atoms with E-state index in [4.69, 9.17) is 4.42 Å². The lowest BCUT2D eigenvalue weighted by molar-refractivity contribution is -0.633. The molecule has 0 fully saturated rings. The molecule has 0 saturated heterocycles. The van der Waals surface area contributed by atoms with Crippen molar-refractivity contribution in [2.45, 2.75) is 20.8 Å². The minimum atomic E-state index is 0.975. The number of hydrogen-bond acceptors (Lipinski definition) is 1. The maximum atomic E-state index is 6.53. The summed E-state index contributed by atoms with van der Waals surface area (Å²) in [6.45, 7) is 6.57. The van der Waals surface area contributed by atoms with Crippen molar-refractivity contribution in [1.29, 1.82) is 0 Å². The van der Waals surface area contributed by atoms with Gasteiger partial charge in [-0.3, -0.25) is 0 Å². The van der Waals surface area contributed by atoms with E-state index in [0.29, 0.717) is 0 Å². The van der Waals surface area contributed by atoms with Crippen molar-refractivity contribution in [1.82, 2.24) is 0 Å². The van der Waals surface area contributed by atoms with Crippen LogP contribution in [0.1, 0.15) is 16.7 Å². The predicted octanol–water partition coefficient (Wildman–Crippen LogP) is 7.31. The molecule has 0 aliphatic rings. The average Bonchev–Trinajstić information content (AvgIpc) is 3.17. The number of aryl methyl sites for hydroxylation is 4. The van der Waals surface area contributed by atoms with Gasteiger partial charge in [0.15, 0.2) is 0 Å². The number of furan rings is 1. The van der Waals surface area contributed by atoms with Gasteiger partial charge in [0, 0.05) is 33.9 Å². The molecule has 150 valence electrons. The SMILES string of the molecule is Cc1c(-c2cc(C)c3c(C)cccc3[n+]2C)ccc2c1oc1c3ccccc3ccc21. The van der Waals surface area contributed by atoms with Crippen LogP contribution in [0.15, 0.2) is 77.2 Å². The molecule has 6 aromatic rings. The first-order valence-electron chi connectivity index (χ1n) is 10.8. The first-order chi connectivity index (χ1) is 15.0. The van der Waals surface area contributed by atoms with E-state index in [-0.39, 0.29) is 0 Å². The molecule has 0 amide bonds. The van der Waals surface area contributed by atoms with Crippen LogP contribution < -0.4 is 4.57 Å². The van der Waals surface area contributed by atoms with Gasteiger partial charge in [0.05, 0.1) is 10.9 Å². The molecule has 4 aromatic carbocycles. The summed E-state index contributed by atoms with van der Waals surface area (Å²) < 4.78 is 8.83. The Morgan fingerprint density at radius 2 is 1.45 bits per heavy atom. The van der Waals surface area contributed by atoms with Crippen molar-refractivity contribution in [3.05, 3.63) is 89.5 Å². The topological polar surface area (TPSA) is 17.0 Å². The van der Waals surface area contributed by atoms with Crippen LogP contribution >= 0.6 is 0 Å². The van der Waals surface area contributed by atoms with Gasteiger partial charge in [-0.05, 0) is 55.5 Å². The maximum Gasteiger partial charge on any atom is 0.213 e. The van der Waals surface area contributed by atoms with Crippen LogP contribution in [0.2, 0.25) is 0 Å². The number of benzene rings is 4. The normalized spacial score (nSPS) is 11.9. The number of aromatic nitrogens is 1. The van der Waals surface area contributed by atoms with Gasteiger partial charge in [-0.25, -0.2) is 0 Å². The average molecular weight is 403 g/mol. The summed E-state index contributed by atoms with van der Waals surface area (Å²) in [5.74, 6) is 0. The van der Waals surface area contributed by atoms with Gasteiger partial charge in [-0.1, -0.05) is 42.5 Å². The summed E-state index contributed by atoms with van der Waals surface area (Å²) in [6.07, 6.45) is 0. The Balaban J connectivity index is 1.68. The molecule has 0 unspecified atom stereocenters. The second-order valence-electron chi connectivity index (χ2n) is 8.62. The zero-order valence-corrected chi connectivity index (χ0v) is 18.3. The second-order valence-corrected chi connectivity index (χ2v) is 8.62. The van der Waals surface area contributed by atoms with E-state index in [1.165, 1.54) is 60.4 Å². The molecule has 0 atom stereocenters. The molecule has 2 aromatic heterocycles. The molecular formula is C29H24NO+. The fraction of sp³-hybridized carbons (Fsp3) is 0.138. The van der Waals surface area contributed by atoms with E-state index in [1.54, 1.807) is 0 Å². The highest BCUT2D eigenvalue weighted by Crippen LogP contribution is 2.38. The number of rotatable bonds is 1. The van der Waals surface area contributed by atoms with Gasteiger partial charge in [-0.15, -0.1) is 0 Å². The third kappa shape index (κ3) is 2.48. The van der Waals surface area contributed by atoms with Crippen LogP contribution in [0.25, 0.3) is 54.9 Å². The predicted molar refractivity (Wildman–Crippen MR) is 130 cm³/mol. The van der Waals surface area contributed by atoms with Gasteiger partial charge in [0.1, 0.15) is 18.2 Å². The molecule has 0 aliphatic heterocycles. The lowest BCUT2D eigenvalue weighted by Crippen LogP contribution is -2.32. The Bertz CT molecular complexity index is 1670. The zero-order valence-electron chi connectivity index (χ0n) is 18.3. The van der Waals surface area contributed by atoms with E-state index < -0.39 is 0 Å². The Kier molecular flexibility index (Phi) is 3.76. The molecule has 0 bridgehead atoms. The van der Waals surface area contributed by atoms with Gasteiger partial charge >= 0.3 is 0 Å². The number of pyridine rings is 1. The smallest absolute Gasteiger partial charge is 0.213 e. The Hall–Kier alpha value is -3.65. The molecule has 0 spiro atoms. The van der Waals surface area contributed by atoms with Crippen LogP contribution in [0.3, 0.4) is 0 Å². The van der Waals surface area contributed by atoms with Crippen molar-refractivity contribution in [3.63, 3.8) is 0 Å². The molecular weight excluding hydrogens is 378 g/mol. The van der Waals surface area contributed by atoms with E-state index in [0.717, 1.165) is 11.2 Å². The largest absolute Gasteiger partial charge is 0.455 e. The van der Waals surface area contributed by atoms with Gasteiger partial charge in [0.25, 0.3) is 0 Å². The quantitative estimate of drug-likeness (QED) is 0.264. The molecule has 2 nitrogen and oxygen atoms in total. The van der Waals surface area contributed by atoms with Crippen LogP contribution in [0.4, 0.5) is 0 Å². The van der Waals surface area contributed by atoms with Crippen LogP contribution in [0.5, 0.6) is 0 Å². The third-order valence-corrected chi connectivity index (χ3v) is 6.78. The minimum absolute atomic E-state index is 0.975. The lowest BCUT2D eigenvalue weighted by Gasteiger charge is -2.10. The maximum absolute atomic E-state index is 6.53. The second kappa shape index (κ2) is 6.42. The molecule has 31 heavy (non-hydrogen) atoms. The molecule has 0 N–H and O–H groups in total. The van der Waals surface area contributed by atoms with Crippen molar-refractivity contribution in [3.8, 4) is 11.3 Å².